The van der Waals surface area contributed by atoms with E-state index in [4.69, 9.17) is 4.74 Å². The Morgan fingerprint density at radius 1 is 1.43 bits per heavy atom. The number of aromatic nitrogens is 2. The number of carbonyl (C=O) groups excluding carboxylic acids is 1. The van der Waals surface area contributed by atoms with Crippen LogP contribution in [0.25, 0.3) is 10.2 Å². The van der Waals surface area contributed by atoms with Gasteiger partial charge in [-0.2, -0.15) is 0 Å². The van der Waals surface area contributed by atoms with Gasteiger partial charge in [0.2, 0.25) is 0 Å². The second-order valence-electron chi connectivity index (χ2n) is 4.78. The lowest BCUT2D eigenvalue weighted by Gasteiger charge is -2.17. The van der Waals surface area contributed by atoms with Crippen molar-refractivity contribution in [2.24, 2.45) is 0 Å². The van der Waals surface area contributed by atoms with Gasteiger partial charge in [0.25, 0.3) is 0 Å². The van der Waals surface area contributed by atoms with E-state index in [1.54, 1.807) is 0 Å². The fraction of sp³-hybridized carbons (Fsp3) is 0.500. The van der Waals surface area contributed by atoms with Crippen molar-refractivity contribution in [3.05, 3.63) is 10.9 Å². The molecule has 0 bridgehead atoms. The number of ether oxygens (including phenoxy) is 1. The van der Waals surface area contributed by atoms with E-state index in [-0.39, 0.29) is 5.97 Å². The van der Waals surface area contributed by atoms with Crippen molar-refractivity contribution in [3.63, 3.8) is 0 Å². The molecule has 2 aromatic rings. The van der Waals surface area contributed by atoms with Crippen molar-refractivity contribution in [1.29, 1.82) is 0 Å². The van der Waals surface area contributed by atoms with Crippen molar-refractivity contribution >= 4 is 45.1 Å². The number of esters is 1. The summed E-state index contributed by atoms with van der Waals surface area (Å²) in [5.41, 5.74) is 0. The highest BCUT2D eigenvalue weighted by Gasteiger charge is 2.21. The highest BCUT2D eigenvalue weighted by molar-refractivity contribution is 7.98. The molecule has 1 saturated heterocycles. The molecule has 112 valence electrons. The third kappa shape index (κ3) is 2.85. The standard InChI is InChI=1S/C14H17N3O2S2/c1-3-19-13(18)10-8-9-11(17-6-4-5-7-17)15-14(20-2)16-12(9)21-10/h8H,3-7H2,1-2H3. The first-order chi connectivity index (χ1) is 10.2. The van der Waals surface area contributed by atoms with Gasteiger partial charge in [-0.3, -0.25) is 0 Å². The number of carbonyl (C=O) groups is 1. The van der Waals surface area contributed by atoms with Crippen LogP contribution in [-0.4, -0.2) is 41.9 Å². The minimum absolute atomic E-state index is 0.279. The number of nitrogens with zero attached hydrogens (tertiary/aromatic N) is 3. The van der Waals surface area contributed by atoms with Crippen LogP contribution in [0, 0.1) is 0 Å². The van der Waals surface area contributed by atoms with Gasteiger partial charge in [-0.1, -0.05) is 11.8 Å². The summed E-state index contributed by atoms with van der Waals surface area (Å²) < 4.78 is 5.08. The molecule has 0 radical (unpaired) electrons. The van der Waals surface area contributed by atoms with Gasteiger partial charge in [0, 0.05) is 13.1 Å². The Bertz CT molecular complexity index is 666. The summed E-state index contributed by atoms with van der Waals surface area (Å²) in [7, 11) is 0. The van der Waals surface area contributed by atoms with E-state index in [1.165, 1.54) is 35.9 Å². The smallest absolute Gasteiger partial charge is 0.348 e. The number of anilines is 1. The number of hydrogen-bond donors (Lipinski definition) is 0. The summed E-state index contributed by atoms with van der Waals surface area (Å²) in [6, 6.07) is 1.87. The zero-order valence-corrected chi connectivity index (χ0v) is 13.7. The van der Waals surface area contributed by atoms with Crippen LogP contribution < -0.4 is 4.90 Å². The van der Waals surface area contributed by atoms with Crippen LogP contribution in [0.5, 0.6) is 0 Å². The molecule has 21 heavy (non-hydrogen) atoms. The minimum Gasteiger partial charge on any atom is -0.462 e. The second kappa shape index (κ2) is 6.19. The average Bonchev–Trinajstić information content (AvgIpc) is 3.15. The molecule has 1 aliphatic heterocycles. The van der Waals surface area contributed by atoms with Gasteiger partial charge in [0.05, 0.1) is 12.0 Å². The van der Waals surface area contributed by atoms with Gasteiger partial charge >= 0.3 is 5.97 Å². The molecule has 0 spiro atoms. The van der Waals surface area contributed by atoms with E-state index < -0.39 is 0 Å². The van der Waals surface area contributed by atoms with Crippen LogP contribution in [0.1, 0.15) is 29.4 Å². The molecule has 0 saturated carbocycles. The fourth-order valence-electron chi connectivity index (χ4n) is 2.45. The number of thiophene rings is 1. The lowest BCUT2D eigenvalue weighted by atomic mass is 10.3. The summed E-state index contributed by atoms with van der Waals surface area (Å²) in [5.74, 6) is 0.673. The van der Waals surface area contributed by atoms with Gasteiger partial charge in [-0.25, -0.2) is 14.8 Å². The average molecular weight is 323 g/mol. The molecular formula is C14H17N3O2S2. The molecule has 1 aliphatic rings. The fourth-order valence-corrected chi connectivity index (χ4v) is 3.79. The van der Waals surface area contributed by atoms with Crippen LogP contribution in [0.4, 0.5) is 5.82 Å². The van der Waals surface area contributed by atoms with Crippen LogP contribution in [0.2, 0.25) is 0 Å². The molecule has 7 heteroatoms. The molecular weight excluding hydrogens is 306 g/mol. The van der Waals surface area contributed by atoms with E-state index in [1.807, 2.05) is 19.2 Å². The Morgan fingerprint density at radius 2 is 2.19 bits per heavy atom. The molecule has 1 fully saturated rings. The molecule has 0 amide bonds. The van der Waals surface area contributed by atoms with E-state index in [0.29, 0.717) is 11.5 Å². The van der Waals surface area contributed by atoms with Crippen molar-refractivity contribution in [3.8, 4) is 0 Å². The third-order valence-corrected chi connectivity index (χ3v) is 4.97. The highest BCUT2D eigenvalue weighted by atomic mass is 32.2. The molecule has 3 heterocycles. The lowest BCUT2D eigenvalue weighted by molar-refractivity contribution is 0.0532. The van der Waals surface area contributed by atoms with Crippen LogP contribution >= 0.6 is 23.1 Å². The molecule has 2 aromatic heterocycles. The van der Waals surface area contributed by atoms with Crippen molar-refractivity contribution in [2.45, 2.75) is 24.9 Å². The molecule has 0 atom stereocenters. The maximum absolute atomic E-state index is 11.9. The summed E-state index contributed by atoms with van der Waals surface area (Å²) in [6.45, 7) is 4.23. The summed E-state index contributed by atoms with van der Waals surface area (Å²) >= 11 is 2.91. The Morgan fingerprint density at radius 3 is 2.86 bits per heavy atom. The van der Waals surface area contributed by atoms with Crippen molar-refractivity contribution < 1.29 is 9.53 Å². The predicted octanol–water partition coefficient (Wildman–Crippen LogP) is 3.19. The first-order valence-electron chi connectivity index (χ1n) is 7.00. The number of hydrogen-bond acceptors (Lipinski definition) is 7. The van der Waals surface area contributed by atoms with Crippen molar-refractivity contribution in [1.82, 2.24) is 9.97 Å². The number of thioether (sulfide) groups is 1. The Labute approximate surface area is 131 Å². The molecule has 0 unspecified atom stereocenters. The Hall–Kier alpha value is -1.34. The minimum atomic E-state index is -0.279. The second-order valence-corrected chi connectivity index (χ2v) is 6.58. The summed E-state index contributed by atoms with van der Waals surface area (Å²) in [4.78, 5) is 24.8. The van der Waals surface area contributed by atoms with Crippen molar-refractivity contribution in [2.75, 3.05) is 30.9 Å². The van der Waals surface area contributed by atoms with Crippen LogP contribution in [0.3, 0.4) is 0 Å². The maximum atomic E-state index is 11.9. The lowest BCUT2D eigenvalue weighted by Crippen LogP contribution is -2.19. The van der Waals surface area contributed by atoms with E-state index in [0.717, 1.165) is 34.3 Å². The molecule has 0 aromatic carbocycles. The van der Waals surface area contributed by atoms with E-state index >= 15 is 0 Å². The first-order valence-corrected chi connectivity index (χ1v) is 9.04. The monoisotopic (exact) mass is 323 g/mol. The molecule has 0 aliphatic carbocycles. The third-order valence-electron chi connectivity index (χ3n) is 3.42. The topological polar surface area (TPSA) is 55.3 Å². The van der Waals surface area contributed by atoms with Gasteiger partial charge in [-0.15, -0.1) is 11.3 Å². The van der Waals surface area contributed by atoms with Gasteiger partial charge in [0.1, 0.15) is 15.5 Å². The van der Waals surface area contributed by atoms with Crippen LogP contribution in [-0.2, 0) is 4.74 Å². The number of fused-ring (bicyclic) bond motifs is 1. The molecule has 5 nitrogen and oxygen atoms in total. The summed E-state index contributed by atoms with van der Waals surface area (Å²) in [5, 5.41) is 1.71. The van der Waals surface area contributed by atoms with E-state index in [2.05, 4.69) is 14.9 Å². The SMILES string of the molecule is CCOC(=O)c1cc2c(N3CCCC3)nc(SC)nc2s1. The Kier molecular flexibility index (Phi) is 4.30. The zero-order valence-electron chi connectivity index (χ0n) is 12.1. The maximum Gasteiger partial charge on any atom is 0.348 e. The van der Waals surface area contributed by atoms with Crippen LogP contribution in [0.15, 0.2) is 11.2 Å². The quantitative estimate of drug-likeness (QED) is 0.489. The molecule has 0 N–H and O–H groups in total. The van der Waals surface area contributed by atoms with Gasteiger partial charge in [-0.05, 0) is 32.1 Å². The number of rotatable bonds is 4. The summed E-state index contributed by atoms with van der Waals surface area (Å²) in [6.07, 6.45) is 4.35. The molecule has 3 rings (SSSR count). The first kappa shape index (κ1) is 14.6. The Balaban J connectivity index is 2.08. The van der Waals surface area contributed by atoms with E-state index in [9.17, 15) is 4.79 Å². The van der Waals surface area contributed by atoms with Gasteiger partial charge < -0.3 is 9.64 Å². The highest BCUT2D eigenvalue weighted by Crippen LogP contribution is 2.34. The normalized spacial score (nSPS) is 14.9. The predicted molar refractivity (Wildman–Crippen MR) is 86.6 cm³/mol. The largest absolute Gasteiger partial charge is 0.462 e. The zero-order chi connectivity index (χ0) is 14.8. The van der Waals surface area contributed by atoms with Gasteiger partial charge in [0.15, 0.2) is 5.16 Å².